The van der Waals surface area contributed by atoms with Crippen molar-refractivity contribution in [2.45, 2.75) is 30.8 Å². The molecule has 0 fully saturated rings. The Kier molecular flexibility index (Phi) is 7.54. The van der Waals surface area contributed by atoms with Crippen LogP contribution in [0.15, 0.2) is 75.5 Å². The van der Waals surface area contributed by atoms with Crippen LogP contribution >= 0.6 is 11.8 Å². The summed E-state index contributed by atoms with van der Waals surface area (Å²) in [5.74, 6) is -0.374. The smallest absolute Gasteiger partial charge is 0.266 e. The van der Waals surface area contributed by atoms with Crippen LogP contribution in [-0.4, -0.2) is 48.0 Å². The van der Waals surface area contributed by atoms with Gasteiger partial charge in [-0.3, -0.25) is 14.2 Å². The second kappa shape index (κ2) is 10.5. The van der Waals surface area contributed by atoms with Crippen molar-refractivity contribution in [1.82, 2.24) is 13.9 Å². The molecule has 1 amide bonds. The SMILES string of the molecule is Cc1ccc(-n2c(SCC(=O)Nc3cc(S(=O)(=O)N(C)C)ccc3C)nc3ccccc3c2=O)cc1C. The summed E-state index contributed by atoms with van der Waals surface area (Å²) in [5.41, 5.74) is 4.29. The lowest BCUT2D eigenvalue weighted by molar-refractivity contribution is -0.113. The number of para-hydroxylation sites is 1. The first-order chi connectivity index (χ1) is 17.5. The number of aryl methyl sites for hydroxylation is 3. The van der Waals surface area contributed by atoms with Gasteiger partial charge in [-0.15, -0.1) is 0 Å². The number of anilines is 1. The number of carbonyl (C=O) groups is 1. The first-order valence-electron chi connectivity index (χ1n) is 11.5. The van der Waals surface area contributed by atoms with Gasteiger partial charge in [0.1, 0.15) is 0 Å². The summed E-state index contributed by atoms with van der Waals surface area (Å²) in [4.78, 5) is 31.2. The molecular formula is C27H28N4O4S2. The lowest BCUT2D eigenvalue weighted by Crippen LogP contribution is -2.23. The molecule has 192 valence electrons. The summed E-state index contributed by atoms with van der Waals surface area (Å²) in [6, 6.07) is 17.5. The highest BCUT2D eigenvalue weighted by Gasteiger charge is 2.19. The van der Waals surface area contributed by atoms with Crippen molar-refractivity contribution in [3.63, 3.8) is 0 Å². The molecule has 0 aliphatic rings. The zero-order valence-electron chi connectivity index (χ0n) is 21.3. The third-order valence-electron chi connectivity index (χ3n) is 6.09. The third-order valence-corrected chi connectivity index (χ3v) is 8.84. The Labute approximate surface area is 220 Å². The Hall–Kier alpha value is -3.47. The number of thioether (sulfide) groups is 1. The number of nitrogens with zero attached hydrogens (tertiary/aromatic N) is 3. The van der Waals surface area contributed by atoms with E-state index in [-0.39, 0.29) is 22.1 Å². The summed E-state index contributed by atoms with van der Waals surface area (Å²) in [7, 11) is -0.739. The molecule has 8 nitrogen and oxygen atoms in total. The molecule has 1 heterocycles. The third kappa shape index (κ3) is 5.46. The van der Waals surface area contributed by atoms with Crippen molar-refractivity contribution in [1.29, 1.82) is 0 Å². The molecule has 0 aliphatic carbocycles. The number of hydrogen-bond acceptors (Lipinski definition) is 6. The van der Waals surface area contributed by atoms with Gasteiger partial charge < -0.3 is 5.32 Å². The number of benzene rings is 3. The maximum Gasteiger partial charge on any atom is 0.266 e. The van der Waals surface area contributed by atoms with E-state index in [1.54, 1.807) is 31.2 Å². The van der Waals surface area contributed by atoms with E-state index in [9.17, 15) is 18.0 Å². The van der Waals surface area contributed by atoms with Crippen molar-refractivity contribution in [3.8, 4) is 5.69 Å². The Balaban J connectivity index is 1.65. The van der Waals surface area contributed by atoms with Crippen LogP contribution in [0.2, 0.25) is 0 Å². The van der Waals surface area contributed by atoms with Gasteiger partial charge >= 0.3 is 0 Å². The minimum atomic E-state index is -3.65. The van der Waals surface area contributed by atoms with E-state index in [1.807, 2.05) is 38.1 Å². The van der Waals surface area contributed by atoms with Crippen LogP contribution < -0.4 is 10.9 Å². The summed E-state index contributed by atoms with van der Waals surface area (Å²) in [6.45, 7) is 5.77. The molecule has 0 saturated carbocycles. The molecule has 37 heavy (non-hydrogen) atoms. The van der Waals surface area contributed by atoms with E-state index in [2.05, 4.69) is 10.3 Å². The van der Waals surface area contributed by atoms with E-state index in [0.717, 1.165) is 32.8 Å². The predicted molar refractivity (Wildman–Crippen MR) is 148 cm³/mol. The van der Waals surface area contributed by atoms with Gasteiger partial charge in [-0.05, 0) is 73.9 Å². The molecule has 0 saturated heterocycles. The van der Waals surface area contributed by atoms with Gasteiger partial charge in [0.05, 0.1) is 27.2 Å². The number of aromatic nitrogens is 2. The topological polar surface area (TPSA) is 101 Å². The number of sulfonamides is 1. The Bertz CT molecular complexity index is 1680. The van der Waals surface area contributed by atoms with Crippen molar-refractivity contribution in [3.05, 3.63) is 87.7 Å². The number of carbonyl (C=O) groups excluding carboxylic acids is 1. The Morgan fingerprint density at radius 3 is 2.38 bits per heavy atom. The van der Waals surface area contributed by atoms with Crippen LogP contribution in [-0.2, 0) is 14.8 Å². The molecule has 0 radical (unpaired) electrons. The lowest BCUT2D eigenvalue weighted by Gasteiger charge is -2.15. The lowest BCUT2D eigenvalue weighted by atomic mass is 10.1. The number of fused-ring (bicyclic) bond motifs is 1. The largest absolute Gasteiger partial charge is 0.325 e. The quantitative estimate of drug-likeness (QED) is 0.279. The molecule has 0 aliphatic heterocycles. The molecule has 4 rings (SSSR count). The summed E-state index contributed by atoms with van der Waals surface area (Å²) >= 11 is 1.14. The minimum absolute atomic E-state index is 0.0281. The molecule has 0 bridgehead atoms. The van der Waals surface area contributed by atoms with Crippen LogP contribution in [0.1, 0.15) is 16.7 Å². The van der Waals surface area contributed by atoms with E-state index in [1.165, 1.54) is 30.8 Å². The van der Waals surface area contributed by atoms with Crippen molar-refractivity contribution in [2.75, 3.05) is 25.2 Å². The van der Waals surface area contributed by atoms with Gasteiger partial charge in [0, 0.05) is 19.8 Å². The van der Waals surface area contributed by atoms with Crippen molar-refractivity contribution in [2.24, 2.45) is 0 Å². The molecule has 0 atom stereocenters. The number of hydrogen-bond donors (Lipinski definition) is 1. The van der Waals surface area contributed by atoms with E-state index in [0.29, 0.717) is 27.4 Å². The van der Waals surface area contributed by atoms with E-state index < -0.39 is 10.0 Å². The first-order valence-corrected chi connectivity index (χ1v) is 14.0. The number of rotatable bonds is 7. The van der Waals surface area contributed by atoms with Crippen LogP contribution in [0.3, 0.4) is 0 Å². The molecule has 1 N–H and O–H groups in total. The Morgan fingerprint density at radius 2 is 1.68 bits per heavy atom. The minimum Gasteiger partial charge on any atom is -0.325 e. The predicted octanol–water partition coefficient (Wildman–Crippen LogP) is 4.29. The maximum absolute atomic E-state index is 13.5. The standard InChI is InChI=1S/C27H28N4O4S2/c1-17-10-12-20(14-19(17)3)31-26(33)22-8-6-7-9-23(22)29-27(31)36-16-25(32)28-24-15-21(13-11-18(24)2)37(34,35)30(4)5/h6-15H,16H2,1-5H3,(H,28,32). The first kappa shape index (κ1) is 26.6. The normalized spacial score (nSPS) is 11.7. The van der Waals surface area contributed by atoms with Gasteiger partial charge in [0.25, 0.3) is 5.56 Å². The molecule has 10 heteroatoms. The highest BCUT2D eigenvalue weighted by Crippen LogP contribution is 2.25. The van der Waals surface area contributed by atoms with Crippen molar-refractivity contribution < 1.29 is 13.2 Å². The highest BCUT2D eigenvalue weighted by molar-refractivity contribution is 7.99. The van der Waals surface area contributed by atoms with Gasteiger partial charge in [-0.2, -0.15) is 0 Å². The zero-order chi connectivity index (χ0) is 26.9. The summed E-state index contributed by atoms with van der Waals surface area (Å²) in [5, 5.41) is 3.68. The fraction of sp³-hybridized carbons (Fsp3) is 0.222. The molecule has 0 unspecified atom stereocenters. The molecular weight excluding hydrogens is 508 g/mol. The maximum atomic E-state index is 13.5. The van der Waals surface area contributed by atoms with Crippen LogP contribution in [0.25, 0.3) is 16.6 Å². The molecule has 0 spiro atoms. The van der Waals surface area contributed by atoms with Gasteiger partial charge in [-0.25, -0.2) is 17.7 Å². The van der Waals surface area contributed by atoms with Crippen LogP contribution in [0.4, 0.5) is 5.69 Å². The average Bonchev–Trinajstić information content (AvgIpc) is 2.86. The second-order valence-electron chi connectivity index (χ2n) is 8.92. The molecule has 1 aromatic heterocycles. The Morgan fingerprint density at radius 1 is 0.973 bits per heavy atom. The summed E-state index contributed by atoms with van der Waals surface area (Å²) < 4.78 is 27.7. The van der Waals surface area contributed by atoms with E-state index >= 15 is 0 Å². The zero-order valence-corrected chi connectivity index (χ0v) is 22.9. The number of nitrogens with one attached hydrogen (secondary N) is 1. The van der Waals surface area contributed by atoms with Gasteiger partial charge in [-0.1, -0.05) is 36.0 Å². The van der Waals surface area contributed by atoms with E-state index in [4.69, 9.17) is 0 Å². The monoisotopic (exact) mass is 536 g/mol. The highest BCUT2D eigenvalue weighted by atomic mass is 32.2. The molecule has 3 aromatic carbocycles. The fourth-order valence-corrected chi connectivity index (χ4v) is 5.47. The number of amides is 1. The van der Waals surface area contributed by atoms with Gasteiger partial charge in [0.15, 0.2) is 5.16 Å². The van der Waals surface area contributed by atoms with Crippen molar-refractivity contribution >= 4 is 44.3 Å². The fourth-order valence-electron chi connectivity index (χ4n) is 3.72. The van der Waals surface area contributed by atoms with Crippen LogP contribution in [0, 0.1) is 20.8 Å². The van der Waals surface area contributed by atoms with Crippen LogP contribution in [0.5, 0.6) is 0 Å². The summed E-state index contributed by atoms with van der Waals surface area (Å²) in [6.07, 6.45) is 0. The average molecular weight is 537 g/mol. The second-order valence-corrected chi connectivity index (χ2v) is 12.0. The molecule has 4 aromatic rings. The van der Waals surface area contributed by atoms with Gasteiger partial charge in [0.2, 0.25) is 15.9 Å².